The maximum absolute atomic E-state index is 12.2. The molecule has 0 aliphatic carbocycles. The predicted octanol–water partition coefficient (Wildman–Crippen LogP) is 2.95. The first-order valence-electron chi connectivity index (χ1n) is 9.11. The molecule has 2 saturated heterocycles. The highest BCUT2D eigenvalue weighted by Crippen LogP contribution is 2.18. The lowest BCUT2D eigenvalue weighted by Gasteiger charge is -2.33. The highest BCUT2D eigenvalue weighted by Gasteiger charge is 2.24. The lowest BCUT2D eigenvalue weighted by Crippen LogP contribution is -2.46. The van der Waals surface area contributed by atoms with Crippen LogP contribution in [0.2, 0.25) is 0 Å². The first-order chi connectivity index (χ1) is 11.8. The van der Waals surface area contributed by atoms with E-state index >= 15 is 0 Å². The minimum Gasteiger partial charge on any atom is -0.376 e. The standard InChI is InChI=1S/C19H28N2O3/c22-19(20-14-16-6-2-1-3-7-16)21-11-9-17(10-12-21)24-15-18-8-4-5-13-23-18/h1-3,6-7,17-18H,4-5,8-15H2,(H,20,22)/t18-/m1/s1. The molecule has 2 aliphatic rings. The lowest BCUT2D eigenvalue weighted by molar-refractivity contribution is -0.0728. The number of carbonyl (C=O) groups excluding carboxylic acids is 1. The molecular weight excluding hydrogens is 304 g/mol. The van der Waals surface area contributed by atoms with E-state index in [1.165, 1.54) is 12.8 Å². The molecule has 0 bridgehead atoms. The third-order valence-electron chi connectivity index (χ3n) is 4.81. The van der Waals surface area contributed by atoms with Crippen molar-refractivity contribution in [3.05, 3.63) is 35.9 Å². The van der Waals surface area contributed by atoms with Crippen LogP contribution in [0.4, 0.5) is 4.79 Å². The number of ether oxygens (including phenoxy) is 2. The van der Waals surface area contributed by atoms with Crippen LogP contribution in [-0.2, 0) is 16.0 Å². The summed E-state index contributed by atoms with van der Waals surface area (Å²) in [6.45, 7) is 3.67. The number of rotatable bonds is 5. The summed E-state index contributed by atoms with van der Waals surface area (Å²) < 4.78 is 11.7. The molecule has 0 aromatic heterocycles. The Morgan fingerprint density at radius 2 is 1.96 bits per heavy atom. The van der Waals surface area contributed by atoms with Crippen molar-refractivity contribution in [1.82, 2.24) is 10.2 Å². The Morgan fingerprint density at radius 1 is 1.17 bits per heavy atom. The summed E-state index contributed by atoms with van der Waals surface area (Å²) in [4.78, 5) is 14.1. The molecular formula is C19H28N2O3. The molecule has 5 heteroatoms. The van der Waals surface area contributed by atoms with E-state index in [0.717, 1.165) is 44.5 Å². The fraction of sp³-hybridized carbons (Fsp3) is 0.632. The molecule has 1 N–H and O–H groups in total. The molecule has 24 heavy (non-hydrogen) atoms. The van der Waals surface area contributed by atoms with E-state index in [-0.39, 0.29) is 18.2 Å². The number of benzene rings is 1. The lowest BCUT2D eigenvalue weighted by atomic mass is 10.1. The van der Waals surface area contributed by atoms with Gasteiger partial charge in [-0.05, 0) is 37.7 Å². The number of likely N-dealkylation sites (tertiary alicyclic amines) is 1. The summed E-state index contributed by atoms with van der Waals surface area (Å²) in [6.07, 6.45) is 5.87. The number of piperidine rings is 1. The zero-order chi connectivity index (χ0) is 16.6. The van der Waals surface area contributed by atoms with Crippen molar-refractivity contribution < 1.29 is 14.3 Å². The first kappa shape index (κ1) is 17.2. The molecule has 1 aromatic rings. The molecule has 0 unspecified atom stereocenters. The van der Waals surface area contributed by atoms with Crippen molar-refractivity contribution >= 4 is 6.03 Å². The Labute approximate surface area is 144 Å². The van der Waals surface area contributed by atoms with E-state index in [0.29, 0.717) is 13.2 Å². The summed E-state index contributed by atoms with van der Waals surface area (Å²) in [5.74, 6) is 0. The van der Waals surface area contributed by atoms with Crippen LogP contribution in [-0.4, -0.2) is 49.4 Å². The molecule has 3 rings (SSSR count). The van der Waals surface area contributed by atoms with Gasteiger partial charge in [0.15, 0.2) is 0 Å². The summed E-state index contributed by atoms with van der Waals surface area (Å²) in [5, 5.41) is 2.99. The molecule has 2 amide bonds. The average Bonchev–Trinajstić information content (AvgIpc) is 2.66. The molecule has 2 aliphatic heterocycles. The van der Waals surface area contributed by atoms with Gasteiger partial charge in [0.25, 0.3) is 0 Å². The zero-order valence-corrected chi connectivity index (χ0v) is 14.3. The minimum absolute atomic E-state index is 0.0212. The van der Waals surface area contributed by atoms with Crippen molar-refractivity contribution in [2.24, 2.45) is 0 Å². The number of hydrogen-bond donors (Lipinski definition) is 1. The Morgan fingerprint density at radius 3 is 2.67 bits per heavy atom. The predicted molar refractivity (Wildman–Crippen MR) is 92.8 cm³/mol. The van der Waals surface area contributed by atoms with Crippen LogP contribution >= 0.6 is 0 Å². The normalized spacial score (nSPS) is 22.3. The second kappa shape index (κ2) is 9.04. The van der Waals surface area contributed by atoms with Gasteiger partial charge in [0.05, 0.1) is 18.8 Å². The quantitative estimate of drug-likeness (QED) is 0.902. The summed E-state index contributed by atoms with van der Waals surface area (Å²) in [5.41, 5.74) is 1.12. The van der Waals surface area contributed by atoms with Gasteiger partial charge in [-0.2, -0.15) is 0 Å². The Bertz CT molecular complexity index is 495. The Kier molecular flexibility index (Phi) is 6.49. The SMILES string of the molecule is O=C(NCc1ccccc1)N1CCC(OC[C@H]2CCCCO2)CC1. The number of urea groups is 1. The third-order valence-corrected chi connectivity index (χ3v) is 4.81. The summed E-state index contributed by atoms with van der Waals surface area (Å²) in [6, 6.07) is 10.0. The number of carbonyl (C=O) groups is 1. The van der Waals surface area contributed by atoms with Crippen LogP contribution < -0.4 is 5.32 Å². The maximum atomic E-state index is 12.2. The monoisotopic (exact) mass is 332 g/mol. The van der Waals surface area contributed by atoms with Gasteiger partial charge < -0.3 is 19.7 Å². The minimum atomic E-state index is 0.0212. The van der Waals surface area contributed by atoms with Crippen LogP contribution in [0.5, 0.6) is 0 Å². The molecule has 1 aromatic carbocycles. The first-order valence-corrected chi connectivity index (χ1v) is 9.11. The average molecular weight is 332 g/mol. The molecule has 1 atom stereocenters. The smallest absolute Gasteiger partial charge is 0.317 e. The van der Waals surface area contributed by atoms with Crippen LogP contribution in [0.3, 0.4) is 0 Å². The van der Waals surface area contributed by atoms with Gasteiger partial charge in [0.1, 0.15) is 0 Å². The van der Waals surface area contributed by atoms with Gasteiger partial charge in [-0.25, -0.2) is 4.79 Å². The van der Waals surface area contributed by atoms with Crippen molar-refractivity contribution in [2.75, 3.05) is 26.3 Å². The summed E-state index contributed by atoms with van der Waals surface area (Å²) >= 11 is 0. The Hall–Kier alpha value is -1.59. The topological polar surface area (TPSA) is 50.8 Å². The molecule has 0 saturated carbocycles. The van der Waals surface area contributed by atoms with Gasteiger partial charge in [0, 0.05) is 26.2 Å². The maximum Gasteiger partial charge on any atom is 0.317 e. The molecule has 0 spiro atoms. The second-order valence-electron chi connectivity index (χ2n) is 6.65. The van der Waals surface area contributed by atoms with Crippen molar-refractivity contribution in [2.45, 2.75) is 50.9 Å². The van der Waals surface area contributed by atoms with Crippen molar-refractivity contribution in [3.8, 4) is 0 Å². The van der Waals surface area contributed by atoms with Gasteiger partial charge >= 0.3 is 6.03 Å². The van der Waals surface area contributed by atoms with E-state index in [9.17, 15) is 4.79 Å². The highest BCUT2D eigenvalue weighted by atomic mass is 16.5. The van der Waals surface area contributed by atoms with Crippen molar-refractivity contribution in [3.63, 3.8) is 0 Å². The van der Waals surface area contributed by atoms with Gasteiger partial charge in [-0.1, -0.05) is 30.3 Å². The number of nitrogens with zero attached hydrogens (tertiary/aromatic N) is 1. The fourth-order valence-electron chi connectivity index (χ4n) is 3.29. The van der Waals surface area contributed by atoms with E-state index in [4.69, 9.17) is 9.47 Å². The largest absolute Gasteiger partial charge is 0.376 e. The highest BCUT2D eigenvalue weighted by molar-refractivity contribution is 5.74. The van der Waals surface area contributed by atoms with E-state index in [2.05, 4.69) is 5.32 Å². The van der Waals surface area contributed by atoms with Gasteiger partial charge in [0.2, 0.25) is 0 Å². The molecule has 2 heterocycles. The van der Waals surface area contributed by atoms with E-state index in [1.807, 2.05) is 35.2 Å². The molecule has 0 radical (unpaired) electrons. The number of hydrogen-bond acceptors (Lipinski definition) is 3. The summed E-state index contributed by atoms with van der Waals surface area (Å²) in [7, 11) is 0. The number of nitrogens with one attached hydrogen (secondary N) is 1. The van der Waals surface area contributed by atoms with Crippen LogP contribution in [0.25, 0.3) is 0 Å². The van der Waals surface area contributed by atoms with Gasteiger partial charge in [-0.3, -0.25) is 0 Å². The van der Waals surface area contributed by atoms with E-state index in [1.54, 1.807) is 0 Å². The fourth-order valence-corrected chi connectivity index (χ4v) is 3.29. The van der Waals surface area contributed by atoms with Crippen LogP contribution in [0.15, 0.2) is 30.3 Å². The Balaban J connectivity index is 1.33. The zero-order valence-electron chi connectivity index (χ0n) is 14.3. The molecule has 2 fully saturated rings. The van der Waals surface area contributed by atoms with Gasteiger partial charge in [-0.15, -0.1) is 0 Å². The third kappa shape index (κ3) is 5.21. The van der Waals surface area contributed by atoms with Crippen LogP contribution in [0.1, 0.15) is 37.7 Å². The van der Waals surface area contributed by atoms with Crippen molar-refractivity contribution in [1.29, 1.82) is 0 Å². The molecule has 132 valence electrons. The molecule has 5 nitrogen and oxygen atoms in total. The number of amides is 2. The second-order valence-corrected chi connectivity index (χ2v) is 6.65. The van der Waals surface area contributed by atoms with Crippen LogP contribution in [0, 0.1) is 0 Å². The van der Waals surface area contributed by atoms with E-state index < -0.39 is 0 Å².